The fourth-order valence-corrected chi connectivity index (χ4v) is 2.17. The van der Waals surface area contributed by atoms with Crippen LogP contribution in [-0.4, -0.2) is 12.6 Å². The van der Waals surface area contributed by atoms with E-state index in [1.165, 1.54) is 6.07 Å². The molecule has 4 N–H and O–H groups in total. The summed E-state index contributed by atoms with van der Waals surface area (Å²) in [7, 11) is 1.55. The second-order valence-corrected chi connectivity index (χ2v) is 4.39. The van der Waals surface area contributed by atoms with Crippen molar-refractivity contribution in [2.45, 2.75) is 0 Å². The first kappa shape index (κ1) is 14.6. The highest BCUT2D eigenvalue weighted by atomic mass is 16.5. The summed E-state index contributed by atoms with van der Waals surface area (Å²) in [5.74, 6) is 0.989. The van der Waals surface area contributed by atoms with Gasteiger partial charge in [-0.2, -0.15) is 0 Å². The van der Waals surface area contributed by atoms with E-state index in [1.807, 2.05) is 6.07 Å². The van der Waals surface area contributed by atoms with Gasteiger partial charge in [0.25, 0.3) is 0 Å². The van der Waals surface area contributed by atoms with Crippen molar-refractivity contribution in [3.63, 3.8) is 0 Å². The SMILES string of the molecule is COc1cccc(-c2cc(=O)c3ccccc3o2)c1N.O. The quantitative estimate of drug-likeness (QED) is 0.730. The van der Waals surface area contributed by atoms with Gasteiger partial charge in [0.1, 0.15) is 17.1 Å². The van der Waals surface area contributed by atoms with Crippen molar-refractivity contribution in [1.29, 1.82) is 0 Å². The normalized spacial score (nSPS) is 10.1. The number of hydrogen-bond acceptors (Lipinski definition) is 4. The smallest absolute Gasteiger partial charge is 0.193 e. The molecule has 0 fully saturated rings. The lowest BCUT2D eigenvalue weighted by Gasteiger charge is -2.09. The third kappa shape index (κ3) is 2.46. The van der Waals surface area contributed by atoms with Gasteiger partial charge in [0.15, 0.2) is 5.43 Å². The van der Waals surface area contributed by atoms with E-state index in [2.05, 4.69) is 0 Å². The molecule has 1 heterocycles. The first-order chi connectivity index (χ1) is 9.70. The number of benzene rings is 2. The number of para-hydroxylation sites is 2. The zero-order valence-electron chi connectivity index (χ0n) is 11.4. The molecule has 0 saturated carbocycles. The maximum atomic E-state index is 12.1. The number of rotatable bonds is 2. The highest BCUT2D eigenvalue weighted by Crippen LogP contribution is 2.33. The van der Waals surface area contributed by atoms with Crippen LogP contribution >= 0.6 is 0 Å². The van der Waals surface area contributed by atoms with Gasteiger partial charge in [-0.05, 0) is 24.3 Å². The van der Waals surface area contributed by atoms with Crippen LogP contribution in [0, 0.1) is 0 Å². The predicted octanol–water partition coefficient (Wildman–Crippen LogP) is 2.23. The topological polar surface area (TPSA) is 97.0 Å². The molecule has 0 aliphatic rings. The Hall–Kier alpha value is -2.79. The van der Waals surface area contributed by atoms with Crippen molar-refractivity contribution in [3.8, 4) is 17.1 Å². The summed E-state index contributed by atoms with van der Waals surface area (Å²) in [6.45, 7) is 0. The number of anilines is 1. The lowest BCUT2D eigenvalue weighted by Crippen LogP contribution is -2.01. The molecule has 0 atom stereocenters. The molecule has 0 radical (unpaired) electrons. The van der Waals surface area contributed by atoms with E-state index in [0.29, 0.717) is 33.7 Å². The lowest BCUT2D eigenvalue weighted by molar-refractivity contribution is 0.417. The Morgan fingerprint density at radius 2 is 1.86 bits per heavy atom. The van der Waals surface area contributed by atoms with Crippen LogP contribution in [0.5, 0.6) is 5.75 Å². The number of fused-ring (bicyclic) bond motifs is 1. The van der Waals surface area contributed by atoms with E-state index in [1.54, 1.807) is 43.5 Å². The van der Waals surface area contributed by atoms with Gasteiger partial charge in [0, 0.05) is 11.6 Å². The molecule has 3 aromatic rings. The Kier molecular flexibility index (Phi) is 3.95. The van der Waals surface area contributed by atoms with Crippen molar-refractivity contribution < 1.29 is 14.6 Å². The van der Waals surface area contributed by atoms with E-state index in [-0.39, 0.29) is 10.9 Å². The van der Waals surface area contributed by atoms with Crippen molar-refractivity contribution in [1.82, 2.24) is 0 Å². The maximum Gasteiger partial charge on any atom is 0.193 e. The van der Waals surface area contributed by atoms with Crippen LogP contribution in [0.4, 0.5) is 5.69 Å². The minimum atomic E-state index is -0.0935. The Balaban J connectivity index is 0.00000161. The summed E-state index contributed by atoms with van der Waals surface area (Å²) in [5, 5.41) is 0.553. The zero-order chi connectivity index (χ0) is 14.1. The van der Waals surface area contributed by atoms with Crippen molar-refractivity contribution in [2.24, 2.45) is 0 Å². The summed E-state index contributed by atoms with van der Waals surface area (Å²) >= 11 is 0. The number of nitrogen functional groups attached to an aromatic ring is 1. The van der Waals surface area contributed by atoms with Gasteiger partial charge in [-0.25, -0.2) is 0 Å². The molecule has 21 heavy (non-hydrogen) atoms. The van der Waals surface area contributed by atoms with Gasteiger partial charge in [-0.15, -0.1) is 0 Å². The molecular formula is C16H15NO4. The molecule has 2 aromatic carbocycles. The largest absolute Gasteiger partial charge is 0.495 e. The minimum Gasteiger partial charge on any atom is -0.495 e. The van der Waals surface area contributed by atoms with Gasteiger partial charge < -0.3 is 20.4 Å². The van der Waals surface area contributed by atoms with Crippen LogP contribution in [0.15, 0.2) is 57.7 Å². The van der Waals surface area contributed by atoms with Crippen LogP contribution in [0.25, 0.3) is 22.3 Å². The summed E-state index contributed by atoms with van der Waals surface area (Å²) in [5.41, 5.74) is 7.58. The van der Waals surface area contributed by atoms with Crippen LogP contribution in [0.2, 0.25) is 0 Å². The van der Waals surface area contributed by atoms with E-state index in [0.717, 1.165) is 0 Å². The fourth-order valence-electron chi connectivity index (χ4n) is 2.17. The van der Waals surface area contributed by atoms with E-state index >= 15 is 0 Å². The second-order valence-electron chi connectivity index (χ2n) is 4.39. The molecule has 0 aliphatic carbocycles. The van der Waals surface area contributed by atoms with Crippen molar-refractivity contribution in [2.75, 3.05) is 12.8 Å². The molecule has 0 unspecified atom stereocenters. The van der Waals surface area contributed by atoms with Gasteiger partial charge in [-0.1, -0.05) is 18.2 Å². The third-order valence-corrected chi connectivity index (χ3v) is 3.19. The fraction of sp³-hybridized carbons (Fsp3) is 0.0625. The average Bonchev–Trinajstić information content (AvgIpc) is 2.47. The van der Waals surface area contributed by atoms with Gasteiger partial charge in [-0.3, -0.25) is 4.79 Å². The van der Waals surface area contributed by atoms with Crippen LogP contribution in [0.1, 0.15) is 0 Å². The average molecular weight is 285 g/mol. The molecule has 0 amide bonds. The van der Waals surface area contributed by atoms with Gasteiger partial charge in [0.2, 0.25) is 0 Å². The summed E-state index contributed by atoms with van der Waals surface area (Å²) < 4.78 is 11.0. The Morgan fingerprint density at radius 3 is 2.62 bits per heavy atom. The number of ether oxygens (including phenoxy) is 1. The van der Waals surface area contributed by atoms with Crippen LogP contribution in [0.3, 0.4) is 0 Å². The second kappa shape index (κ2) is 5.68. The zero-order valence-corrected chi connectivity index (χ0v) is 11.4. The monoisotopic (exact) mass is 285 g/mol. The van der Waals surface area contributed by atoms with Gasteiger partial charge in [0.05, 0.1) is 18.2 Å². The molecule has 0 spiro atoms. The molecule has 1 aromatic heterocycles. The van der Waals surface area contributed by atoms with E-state index in [9.17, 15) is 4.79 Å². The van der Waals surface area contributed by atoms with Crippen LogP contribution in [-0.2, 0) is 0 Å². The van der Waals surface area contributed by atoms with Crippen molar-refractivity contribution >= 4 is 16.7 Å². The Labute approximate surface area is 120 Å². The molecule has 5 nitrogen and oxygen atoms in total. The van der Waals surface area contributed by atoms with Crippen molar-refractivity contribution in [3.05, 3.63) is 58.8 Å². The first-order valence-electron chi connectivity index (χ1n) is 6.16. The molecule has 0 aliphatic heterocycles. The molecule has 108 valence electrons. The maximum absolute atomic E-state index is 12.1. The summed E-state index contributed by atoms with van der Waals surface area (Å²) in [4.78, 5) is 12.1. The highest BCUT2D eigenvalue weighted by Gasteiger charge is 2.11. The molecule has 5 heteroatoms. The predicted molar refractivity (Wildman–Crippen MR) is 82.5 cm³/mol. The molecule has 0 saturated heterocycles. The summed E-state index contributed by atoms with van der Waals surface area (Å²) in [6.07, 6.45) is 0. The lowest BCUT2D eigenvalue weighted by atomic mass is 10.1. The first-order valence-corrected chi connectivity index (χ1v) is 6.16. The van der Waals surface area contributed by atoms with Crippen LogP contribution < -0.4 is 15.9 Å². The number of methoxy groups -OCH3 is 1. The molecule has 0 bridgehead atoms. The standard InChI is InChI=1S/C16H13NO3.H2O/c1-19-14-8-4-6-11(16(14)17)15-9-12(18)10-5-2-3-7-13(10)20-15;/h2-9H,17H2,1H3;1H2. The van der Waals surface area contributed by atoms with E-state index < -0.39 is 0 Å². The minimum absolute atomic E-state index is 0. The highest BCUT2D eigenvalue weighted by molar-refractivity contribution is 5.82. The molecule has 3 rings (SSSR count). The number of nitrogens with two attached hydrogens (primary N) is 1. The summed E-state index contributed by atoms with van der Waals surface area (Å²) in [6, 6.07) is 13.9. The Bertz CT molecular complexity index is 839. The Morgan fingerprint density at radius 1 is 1.10 bits per heavy atom. The van der Waals surface area contributed by atoms with Gasteiger partial charge >= 0.3 is 0 Å². The third-order valence-electron chi connectivity index (χ3n) is 3.19. The molecular weight excluding hydrogens is 270 g/mol. The van der Waals surface area contributed by atoms with E-state index in [4.69, 9.17) is 14.9 Å². The number of hydrogen-bond donors (Lipinski definition) is 1.